The van der Waals surface area contributed by atoms with Crippen molar-refractivity contribution in [3.05, 3.63) is 83.3 Å². The maximum absolute atomic E-state index is 13.8. The van der Waals surface area contributed by atoms with Crippen LogP contribution in [-0.2, 0) is 17.8 Å². The Morgan fingerprint density at radius 3 is 2.43 bits per heavy atom. The first-order valence-electron chi connectivity index (χ1n) is 14.1. The second kappa shape index (κ2) is 13.1. The van der Waals surface area contributed by atoms with Crippen molar-refractivity contribution < 1.29 is 45.8 Å². The number of fused-ring (bicyclic) bond motifs is 1. The number of rotatable bonds is 9. The van der Waals surface area contributed by atoms with Gasteiger partial charge in [0.15, 0.2) is 5.69 Å². The van der Waals surface area contributed by atoms with Gasteiger partial charge >= 0.3 is 12.1 Å². The lowest BCUT2D eigenvalue weighted by atomic mass is 9.97. The van der Waals surface area contributed by atoms with E-state index in [-0.39, 0.29) is 52.1 Å². The lowest BCUT2D eigenvalue weighted by Crippen LogP contribution is -2.38. The number of para-hydroxylation sites is 1. The van der Waals surface area contributed by atoms with Crippen molar-refractivity contribution in [2.24, 2.45) is 5.92 Å². The molecule has 2 heterocycles. The number of nitrogens with one attached hydrogen (secondary N) is 2. The minimum Gasteiger partial charge on any atom is -0.481 e. The Morgan fingerprint density at radius 1 is 0.978 bits per heavy atom. The zero-order valence-corrected chi connectivity index (χ0v) is 24.0. The summed E-state index contributed by atoms with van der Waals surface area (Å²) in [5.41, 5.74) is 0.0219. The molecule has 1 saturated heterocycles. The van der Waals surface area contributed by atoms with Gasteiger partial charge in [-0.2, -0.15) is 18.3 Å². The molecule has 9 nitrogen and oxygen atoms in total. The highest BCUT2D eigenvalue weighted by Gasteiger charge is 2.32. The molecule has 4 aromatic rings. The number of aromatic nitrogens is 2. The summed E-state index contributed by atoms with van der Waals surface area (Å²) in [7, 11) is 0. The molecule has 5 rings (SSSR count). The molecule has 0 spiro atoms. The smallest absolute Gasteiger partial charge is 0.408 e. The van der Waals surface area contributed by atoms with Crippen molar-refractivity contribution in [1.29, 1.82) is 0 Å². The summed E-state index contributed by atoms with van der Waals surface area (Å²) in [5, 5.41) is 18.4. The lowest BCUT2D eigenvalue weighted by Gasteiger charge is -2.35. The van der Waals surface area contributed by atoms with Gasteiger partial charge in [-0.05, 0) is 60.9 Å². The average molecular weight is 648 g/mol. The van der Waals surface area contributed by atoms with E-state index >= 15 is 0 Å². The molecule has 1 aliphatic rings. The van der Waals surface area contributed by atoms with Crippen molar-refractivity contribution in [3.8, 4) is 0 Å². The summed E-state index contributed by atoms with van der Waals surface area (Å²) >= 11 is 0. The first-order chi connectivity index (χ1) is 21.8. The standard InChI is InChI=1S/C31H27F6N5O4/c32-20-8-9-22(19(12-20)14-26(43)44)38-29(45)17-7-10-25(41-11-3-4-18(15-41)28(33)34)23(13-17)39-30(46)27-21-5-1-2-6-24(21)42(40-27)16-31(35,36)37/h1-2,5-10,12-13,18,28H,3-4,11,14-16H2,(H,38,45)(H,39,46)(H,43,44). The van der Waals surface area contributed by atoms with Crippen LogP contribution in [0.4, 0.5) is 43.4 Å². The SMILES string of the molecule is O=C(O)Cc1cc(F)ccc1NC(=O)c1ccc(N2CCCC(C(F)F)C2)c(NC(=O)c2nn(CC(F)(F)F)c3ccccc23)c1. The number of amides is 2. The Balaban J connectivity index is 1.51. The van der Waals surface area contributed by atoms with E-state index in [1.807, 2.05) is 0 Å². The van der Waals surface area contributed by atoms with Crippen LogP contribution in [0.1, 0.15) is 39.3 Å². The summed E-state index contributed by atoms with van der Waals surface area (Å²) in [6.07, 6.45) is -7.08. The molecule has 15 heteroatoms. The van der Waals surface area contributed by atoms with Crippen LogP contribution in [0.3, 0.4) is 0 Å². The molecular weight excluding hydrogens is 620 g/mol. The number of carboxylic acid groups (broad SMARTS) is 1. The highest BCUT2D eigenvalue weighted by atomic mass is 19.4. The minimum atomic E-state index is -4.62. The number of anilines is 3. The Bertz CT molecular complexity index is 1790. The molecule has 1 aromatic heterocycles. The number of nitrogens with zero attached hydrogens (tertiary/aromatic N) is 3. The zero-order valence-electron chi connectivity index (χ0n) is 24.0. The van der Waals surface area contributed by atoms with E-state index in [4.69, 9.17) is 0 Å². The molecule has 242 valence electrons. The molecule has 2 amide bonds. The van der Waals surface area contributed by atoms with Crippen LogP contribution < -0.4 is 15.5 Å². The highest BCUT2D eigenvalue weighted by molar-refractivity contribution is 6.13. The summed E-state index contributed by atoms with van der Waals surface area (Å²) in [4.78, 5) is 39.7. The van der Waals surface area contributed by atoms with Crippen molar-refractivity contribution in [2.75, 3.05) is 28.6 Å². The number of benzene rings is 3. The number of piperidine rings is 1. The fraction of sp³-hybridized carbons (Fsp3) is 0.290. The quantitative estimate of drug-likeness (QED) is 0.182. The number of halogens is 6. The maximum Gasteiger partial charge on any atom is 0.408 e. The molecule has 3 N–H and O–H groups in total. The fourth-order valence-corrected chi connectivity index (χ4v) is 5.44. The van der Waals surface area contributed by atoms with Crippen molar-refractivity contribution >= 4 is 45.7 Å². The second-order valence-corrected chi connectivity index (χ2v) is 10.8. The summed E-state index contributed by atoms with van der Waals surface area (Å²) in [6.45, 7) is -1.14. The summed E-state index contributed by atoms with van der Waals surface area (Å²) < 4.78 is 81.4. The van der Waals surface area contributed by atoms with Gasteiger partial charge in [0.25, 0.3) is 11.8 Å². The highest BCUT2D eigenvalue weighted by Crippen LogP contribution is 2.34. The third-order valence-corrected chi connectivity index (χ3v) is 7.52. The third-order valence-electron chi connectivity index (χ3n) is 7.52. The molecule has 1 fully saturated rings. The van der Waals surface area contributed by atoms with E-state index in [9.17, 15) is 45.8 Å². The molecular formula is C31H27F6N5O4. The number of aliphatic carboxylic acids is 1. The summed E-state index contributed by atoms with van der Waals surface area (Å²) in [5.74, 6) is -4.58. The monoisotopic (exact) mass is 647 g/mol. The molecule has 0 saturated carbocycles. The van der Waals surface area contributed by atoms with E-state index in [2.05, 4.69) is 15.7 Å². The lowest BCUT2D eigenvalue weighted by molar-refractivity contribution is -0.142. The Morgan fingerprint density at radius 2 is 1.72 bits per heavy atom. The fourth-order valence-electron chi connectivity index (χ4n) is 5.44. The number of carbonyl (C=O) groups is 3. The molecule has 3 aromatic carbocycles. The number of carbonyl (C=O) groups excluding carboxylic acids is 2. The van der Waals surface area contributed by atoms with Gasteiger partial charge in [-0.1, -0.05) is 18.2 Å². The van der Waals surface area contributed by atoms with Crippen LogP contribution in [0.25, 0.3) is 10.9 Å². The van der Waals surface area contributed by atoms with E-state index < -0.39 is 55.1 Å². The van der Waals surface area contributed by atoms with Gasteiger partial charge in [0, 0.05) is 35.6 Å². The van der Waals surface area contributed by atoms with Crippen LogP contribution >= 0.6 is 0 Å². The number of hydrogen-bond donors (Lipinski definition) is 3. The maximum atomic E-state index is 13.8. The number of carboxylic acids is 1. The molecule has 1 aliphatic heterocycles. The second-order valence-electron chi connectivity index (χ2n) is 10.8. The predicted molar refractivity (Wildman–Crippen MR) is 157 cm³/mol. The first kappa shape index (κ1) is 32.3. The zero-order chi connectivity index (χ0) is 33.2. The van der Waals surface area contributed by atoms with Gasteiger partial charge in [0.2, 0.25) is 6.43 Å². The van der Waals surface area contributed by atoms with E-state index in [1.165, 1.54) is 48.5 Å². The molecule has 0 bridgehead atoms. The van der Waals surface area contributed by atoms with Gasteiger partial charge < -0.3 is 20.6 Å². The van der Waals surface area contributed by atoms with Crippen molar-refractivity contribution in [3.63, 3.8) is 0 Å². The first-order valence-corrected chi connectivity index (χ1v) is 14.1. The van der Waals surface area contributed by atoms with Crippen LogP contribution in [-0.4, -0.2) is 58.4 Å². The Hall–Kier alpha value is -5.08. The molecule has 1 atom stereocenters. The van der Waals surface area contributed by atoms with Gasteiger partial charge in [0.05, 0.1) is 23.3 Å². The predicted octanol–water partition coefficient (Wildman–Crippen LogP) is 6.35. The third kappa shape index (κ3) is 7.41. The molecule has 0 aliphatic carbocycles. The number of alkyl halides is 5. The Labute approximate surface area is 257 Å². The Kier molecular flexibility index (Phi) is 9.21. The normalized spacial score (nSPS) is 15.3. The van der Waals surface area contributed by atoms with Crippen LogP contribution in [0, 0.1) is 11.7 Å². The molecule has 1 unspecified atom stereocenters. The summed E-state index contributed by atoms with van der Waals surface area (Å²) in [6, 6.07) is 13.1. The van der Waals surface area contributed by atoms with Gasteiger partial charge in [-0.15, -0.1) is 0 Å². The van der Waals surface area contributed by atoms with Crippen LogP contribution in [0.5, 0.6) is 0 Å². The van der Waals surface area contributed by atoms with Gasteiger partial charge in [-0.3, -0.25) is 19.1 Å². The van der Waals surface area contributed by atoms with Gasteiger partial charge in [0.1, 0.15) is 12.4 Å². The van der Waals surface area contributed by atoms with E-state index in [1.54, 1.807) is 4.90 Å². The average Bonchev–Trinajstić information content (AvgIpc) is 3.35. The van der Waals surface area contributed by atoms with Crippen LogP contribution in [0.2, 0.25) is 0 Å². The van der Waals surface area contributed by atoms with Crippen LogP contribution in [0.15, 0.2) is 60.7 Å². The van der Waals surface area contributed by atoms with Crippen molar-refractivity contribution in [2.45, 2.75) is 38.4 Å². The largest absolute Gasteiger partial charge is 0.481 e. The van der Waals surface area contributed by atoms with Crippen molar-refractivity contribution in [1.82, 2.24) is 9.78 Å². The molecule has 0 radical (unpaired) electrons. The topological polar surface area (TPSA) is 117 Å². The number of hydrogen-bond acceptors (Lipinski definition) is 5. The molecule has 46 heavy (non-hydrogen) atoms. The van der Waals surface area contributed by atoms with E-state index in [0.717, 1.165) is 12.1 Å². The van der Waals surface area contributed by atoms with E-state index in [0.29, 0.717) is 23.3 Å². The van der Waals surface area contributed by atoms with Gasteiger partial charge in [-0.25, -0.2) is 13.2 Å². The minimum absolute atomic E-state index is 0.00123.